The van der Waals surface area contributed by atoms with E-state index in [1.165, 1.54) is 50.0 Å². The smallest absolute Gasteiger partial charge is 0.337 e. The van der Waals surface area contributed by atoms with E-state index in [1.54, 1.807) is 0 Å². The van der Waals surface area contributed by atoms with Crippen LogP contribution in [0.15, 0.2) is 24.2 Å². The molecule has 0 atom stereocenters. The summed E-state index contributed by atoms with van der Waals surface area (Å²) < 4.78 is 10.1. The van der Waals surface area contributed by atoms with Crippen molar-refractivity contribution in [3.8, 4) is 0 Å². The van der Waals surface area contributed by atoms with E-state index in [0.29, 0.717) is 6.42 Å². The lowest BCUT2D eigenvalue weighted by Gasteiger charge is -2.00. The third kappa shape index (κ3) is 11.6. The van der Waals surface area contributed by atoms with Crippen LogP contribution >= 0.6 is 0 Å². The van der Waals surface area contributed by atoms with E-state index in [-0.39, 0.29) is 0 Å². The molecule has 0 aromatic heterocycles. The van der Waals surface area contributed by atoms with Gasteiger partial charge >= 0.3 is 11.9 Å². The van der Waals surface area contributed by atoms with Crippen molar-refractivity contribution < 1.29 is 19.1 Å². The van der Waals surface area contributed by atoms with Gasteiger partial charge < -0.3 is 9.47 Å². The minimum atomic E-state index is -0.667. The van der Waals surface area contributed by atoms with E-state index in [0.717, 1.165) is 51.0 Å². The molecule has 1 heterocycles. The topological polar surface area (TPSA) is 55.9 Å². The number of hydrogen-bond acceptors (Lipinski definition) is 4. The minimum absolute atomic E-state index is 0.302. The van der Waals surface area contributed by atoms with Gasteiger partial charge in [-0.1, -0.05) is 64.9 Å². The molecular formula is C21H34O4. The molecule has 0 N–H and O–H groups in total. The Morgan fingerprint density at radius 1 is 0.880 bits per heavy atom. The largest absolute Gasteiger partial charge is 0.459 e. The highest BCUT2D eigenvalue weighted by Gasteiger charge is 2.22. The highest BCUT2D eigenvalue weighted by atomic mass is 16.6. The first-order chi connectivity index (χ1) is 12.2. The maximum absolute atomic E-state index is 11.3. The molecule has 25 heavy (non-hydrogen) atoms. The zero-order valence-electron chi connectivity index (χ0n) is 15.8. The van der Waals surface area contributed by atoms with Gasteiger partial charge in [-0.15, -0.1) is 0 Å². The Labute approximate surface area is 152 Å². The Morgan fingerprint density at radius 2 is 1.40 bits per heavy atom. The second kappa shape index (κ2) is 13.7. The summed E-state index contributed by atoms with van der Waals surface area (Å²) in [6.45, 7) is 5.50. The first-order valence-electron chi connectivity index (χ1n) is 9.94. The number of ether oxygens (including phenoxy) is 2. The highest BCUT2D eigenvalue weighted by molar-refractivity contribution is 5.91. The van der Waals surface area contributed by atoms with Crippen LogP contribution in [0.4, 0.5) is 0 Å². The number of unbranched alkanes of at least 4 members (excludes halogenated alkanes) is 9. The summed E-state index contributed by atoms with van der Waals surface area (Å²) in [6, 6.07) is 0. The minimum Gasteiger partial charge on any atom is -0.459 e. The molecule has 4 nitrogen and oxygen atoms in total. The van der Waals surface area contributed by atoms with Crippen molar-refractivity contribution in [2.24, 2.45) is 0 Å². The average molecular weight is 350 g/mol. The molecule has 0 amide bonds. The molecule has 1 rings (SSSR count). The van der Waals surface area contributed by atoms with Crippen LogP contribution < -0.4 is 0 Å². The Balaban J connectivity index is 1.87. The first-order valence-corrected chi connectivity index (χ1v) is 9.94. The first kappa shape index (κ1) is 21.5. The standard InChI is InChI=1S/C21H34O4/c1-3-5-6-7-9-12-15-18-19(24-18)16-13-10-8-11-14-17-21(23)25-20(22)4-2/h4H,2-3,5-17H2,1H3. The van der Waals surface area contributed by atoms with E-state index in [2.05, 4.69) is 18.2 Å². The van der Waals surface area contributed by atoms with Crippen molar-refractivity contribution in [1.82, 2.24) is 0 Å². The van der Waals surface area contributed by atoms with Crippen molar-refractivity contribution >= 4 is 11.9 Å². The van der Waals surface area contributed by atoms with Gasteiger partial charge in [0.25, 0.3) is 0 Å². The molecule has 0 radical (unpaired) electrons. The van der Waals surface area contributed by atoms with Crippen LogP contribution in [0.25, 0.3) is 0 Å². The molecule has 1 aliphatic heterocycles. The summed E-state index contributed by atoms with van der Waals surface area (Å²) in [5, 5.41) is 0. The molecule has 0 saturated carbocycles. The Morgan fingerprint density at radius 3 is 1.96 bits per heavy atom. The maximum atomic E-state index is 11.3. The summed E-state index contributed by atoms with van der Waals surface area (Å²) in [5.74, 6) is 1.34. The van der Waals surface area contributed by atoms with Crippen LogP contribution in [0.5, 0.6) is 0 Å². The van der Waals surface area contributed by atoms with Gasteiger partial charge in [-0.3, -0.25) is 4.79 Å². The van der Waals surface area contributed by atoms with E-state index in [1.807, 2.05) is 0 Å². The number of esters is 2. The third-order valence-corrected chi connectivity index (χ3v) is 4.44. The monoisotopic (exact) mass is 350 g/mol. The fourth-order valence-corrected chi connectivity index (χ4v) is 2.86. The van der Waals surface area contributed by atoms with Gasteiger partial charge in [0.1, 0.15) is 11.5 Å². The molecule has 0 unspecified atom stereocenters. The van der Waals surface area contributed by atoms with Crippen LogP contribution in [0.2, 0.25) is 0 Å². The molecule has 0 aromatic carbocycles. The summed E-state index contributed by atoms with van der Waals surface area (Å²) in [6.07, 6.45) is 16.6. The van der Waals surface area contributed by atoms with Gasteiger partial charge in [0.05, 0.1) is 0 Å². The predicted octanol–water partition coefficient (Wildman–Crippen LogP) is 5.97. The lowest BCUT2D eigenvalue weighted by atomic mass is 10.1. The zero-order valence-corrected chi connectivity index (χ0v) is 15.8. The molecule has 0 spiro atoms. The maximum Gasteiger partial charge on any atom is 0.337 e. The number of carbonyl (C=O) groups excluding carboxylic acids is 2. The SMILES string of the molecule is C=CC(=O)OC(=O)CCCCCCCC1=C(CCCCCCCC)O1. The fraction of sp³-hybridized carbons (Fsp3) is 0.714. The van der Waals surface area contributed by atoms with Crippen molar-refractivity contribution in [1.29, 1.82) is 0 Å². The van der Waals surface area contributed by atoms with Gasteiger partial charge in [0.2, 0.25) is 0 Å². The quantitative estimate of drug-likeness (QED) is 0.149. The molecule has 1 aliphatic rings. The molecule has 0 aliphatic carbocycles. The van der Waals surface area contributed by atoms with E-state index >= 15 is 0 Å². The molecular weight excluding hydrogens is 316 g/mol. The van der Waals surface area contributed by atoms with E-state index in [4.69, 9.17) is 4.74 Å². The van der Waals surface area contributed by atoms with Crippen LogP contribution in [-0.2, 0) is 19.1 Å². The summed E-state index contributed by atoms with van der Waals surface area (Å²) >= 11 is 0. The Hall–Kier alpha value is -1.58. The number of carbonyl (C=O) groups is 2. The molecule has 4 heteroatoms. The van der Waals surface area contributed by atoms with Crippen molar-refractivity contribution in [3.63, 3.8) is 0 Å². The number of hydrogen-bond donors (Lipinski definition) is 0. The van der Waals surface area contributed by atoms with E-state index < -0.39 is 11.9 Å². The van der Waals surface area contributed by atoms with Crippen LogP contribution in [0, 0.1) is 0 Å². The molecule has 142 valence electrons. The Kier molecular flexibility index (Phi) is 11.7. The fourth-order valence-electron chi connectivity index (χ4n) is 2.86. The highest BCUT2D eigenvalue weighted by Crippen LogP contribution is 2.35. The van der Waals surface area contributed by atoms with Crippen molar-refractivity contribution in [2.45, 2.75) is 96.8 Å². The normalized spacial score (nSPS) is 12.7. The van der Waals surface area contributed by atoms with E-state index in [9.17, 15) is 9.59 Å². The van der Waals surface area contributed by atoms with Crippen molar-refractivity contribution in [3.05, 3.63) is 24.2 Å². The average Bonchev–Trinajstić information content (AvgIpc) is 3.35. The molecule has 0 bridgehead atoms. The predicted molar refractivity (Wildman–Crippen MR) is 99.7 cm³/mol. The van der Waals surface area contributed by atoms with Crippen LogP contribution in [0.1, 0.15) is 96.8 Å². The van der Waals surface area contributed by atoms with Crippen molar-refractivity contribution in [2.75, 3.05) is 0 Å². The Bertz CT molecular complexity index is 451. The van der Waals surface area contributed by atoms with Gasteiger partial charge in [-0.05, 0) is 19.3 Å². The number of allylic oxidation sites excluding steroid dienone is 2. The van der Waals surface area contributed by atoms with Gasteiger partial charge in [0.15, 0.2) is 0 Å². The van der Waals surface area contributed by atoms with Gasteiger partial charge in [0, 0.05) is 25.3 Å². The van der Waals surface area contributed by atoms with Crippen LogP contribution in [0.3, 0.4) is 0 Å². The lowest BCUT2D eigenvalue weighted by Crippen LogP contribution is -2.09. The second-order valence-corrected chi connectivity index (χ2v) is 6.73. The van der Waals surface area contributed by atoms with Gasteiger partial charge in [-0.2, -0.15) is 0 Å². The third-order valence-electron chi connectivity index (χ3n) is 4.44. The molecule has 0 fully saturated rings. The second-order valence-electron chi connectivity index (χ2n) is 6.73. The number of rotatable bonds is 16. The lowest BCUT2D eigenvalue weighted by molar-refractivity contribution is -0.156. The molecule has 0 saturated heterocycles. The zero-order chi connectivity index (χ0) is 18.3. The molecule has 0 aromatic rings. The summed E-state index contributed by atoms with van der Waals surface area (Å²) in [5.41, 5.74) is 0. The summed E-state index contributed by atoms with van der Waals surface area (Å²) in [4.78, 5) is 22.1. The van der Waals surface area contributed by atoms with Crippen LogP contribution in [-0.4, -0.2) is 11.9 Å². The summed E-state index contributed by atoms with van der Waals surface area (Å²) in [7, 11) is 0. The van der Waals surface area contributed by atoms with Gasteiger partial charge in [-0.25, -0.2) is 4.79 Å².